The molecule has 0 aliphatic rings. The van der Waals surface area contributed by atoms with Gasteiger partial charge in [0, 0.05) is 6.42 Å². The Labute approximate surface area is 378 Å². The molecule has 0 aliphatic heterocycles. The Balaban J connectivity index is 4.54. The minimum absolute atomic E-state index is 0.0462. The second-order valence-electron chi connectivity index (χ2n) is 17.9. The quantitative estimate of drug-likeness (QED) is 0.0322. The number of carbonyl (C=O) groups is 2. The predicted octanol–water partition coefficient (Wildman–Crippen LogP) is 15.8. The molecule has 0 aromatic rings. The van der Waals surface area contributed by atoms with Gasteiger partial charge in [-0.15, -0.1) is 0 Å². The van der Waals surface area contributed by atoms with Crippen LogP contribution < -0.4 is 5.32 Å². The molecule has 0 aliphatic carbocycles. The third kappa shape index (κ3) is 44.2. The molecule has 0 spiro atoms. The number of hydrogen-bond acceptors (Lipinski definition) is 5. The fourth-order valence-electron chi connectivity index (χ4n) is 7.91. The summed E-state index contributed by atoms with van der Waals surface area (Å²) >= 11 is 0. The summed E-state index contributed by atoms with van der Waals surface area (Å²) in [5, 5.41) is 23.8. The molecule has 3 unspecified atom stereocenters. The minimum atomic E-state index is -0.800. The van der Waals surface area contributed by atoms with Gasteiger partial charge in [0.1, 0.15) is 6.10 Å². The van der Waals surface area contributed by atoms with Crippen LogP contribution in [0, 0.1) is 0 Å². The second-order valence-corrected chi connectivity index (χ2v) is 17.9. The number of hydrogen-bond donors (Lipinski definition) is 3. The molecule has 0 saturated carbocycles. The molecule has 6 nitrogen and oxygen atoms in total. The summed E-state index contributed by atoms with van der Waals surface area (Å²) in [5.74, 6) is -0.527. The van der Waals surface area contributed by atoms with Crippen molar-refractivity contribution < 1.29 is 24.5 Å². The van der Waals surface area contributed by atoms with Crippen LogP contribution in [0.25, 0.3) is 0 Å². The van der Waals surface area contributed by atoms with Gasteiger partial charge in [-0.05, 0) is 83.5 Å². The van der Waals surface area contributed by atoms with E-state index in [1.54, 1.807) is 0 Å². The van der Waals surface area contributed by atoms with Crippen molar-refractivity contribution in [3.63, 3.8) is 0 Å². The molecule has 0 aromatic carbocycles. The summed E-state index contributed by atoms with van der Waals surface area (Å²) in [6, 6.07) is -0.716. The van der Waals surface area contributed by atoms with Crippen molar-refractivity contribution in [2.75, 3.05) is 6.61 Å². The van der Waals surface area contributed by atoms with E-state index in [9.17, 15) is 19.8 Å². The lowest BCUT2D eigenvalue weighted by atomic mass is 10.0. The number of ether oxygens (including phenoxy) is 1. The Kier molecular flexibility index (Phi) is 47.1. The van der Waals surface area contributed by atoms with Gasteiger partial charge in [0.15, 0.2) is 0 Å². The molecule has 0 rings (SSSR count). The largest absolute Gasteiger partial charge is 0.462 e. The Morgan fingerprint density at radius 3 is 1.38 bits per heavy atom. The summed E-state index contributed by atoms with van der Waals surface area (Å²) in [7, 11) is 0. The standard InChI is InChI=1S/C55H101NO5/c1-4-7-10-13-16-19-22-25-26-27-28-30-32-35-38-41-44-47-53(58)52(50-57)56-54(59)49-51(46-43-40-37-34-31-24-21-18-15-12-9-6-3)61-55(60)48-45-42-39-36-33-29-23-20-17-14-11-8-5-2/h9,12,18,21,29,31,33-34,51-53,57-58H,4-8,10-11,13-17,19-20,22-28,30,32,35-50H2,1-3H3,(H,56,59)/b12-9+,21-18+,33-29-,34-31+. The Morgan fingerprint density at radius 1 is 0.492 bits per heavy atom. The molecule has 0 radical (unpaired) electrons. The molecular weight excluding hydrogens is 755 g/mol. The lowest BCUT2D eigenvalue weighted by Crippen LogP contribution is -2.46. The third-order valence-electron chi connectivity index (χ3n) is 11.9. The zero-order valence-electron chi connectivity index (χ0n) is 40.5. The molecular formula is C55H101NO5. The smallest absolute Gasteiger partial charge is 0.306 e. The van der Waals surface area contributed by atoms with Crippen molar-refractivity contribution in [3.8, 4) is 0 Å². The third-order valence-corrected chi connectivity index (χ3v) is 11.9. The lowest BCUT2D eigenvalue weighted by molar-refractivity contribution is -0.151. The molecule has 0 bridgehead atoms. The van der Waals surface area contributed by atoms with Crippen molar-refractivity contribution in [3.05, 3.63) is 48.6 Å². The highest BCUT2D eigenvalue weighted by molar-refractivity contribution is 5.77. The van der Waals surface area contributed by atoms with Gasteiger partial charge in [-0.25, -0.2) is 0 Å². The van der Waals surface area contributed by atoms with Gasteiger partial charge in [0.25, 0.3) is 0 Å². The summed E-state index contributed by atoms with van der Waals surface area (Å²) in [5.41, 5.74) is 0. The van der Waals surface area contributed by atoms with Crippen LogP contribution in [0.3, 0.4) is 0 Å². The van der Waals surface area contributed by atoms with Crippen LogP contribution in [0.4, 0.5) is 0 Å². The Hall–Kier alpha value is -2.18. The molecule has 0 heterocycles. The summed E-state index contributed by atoms with van der Waals surface area (Å²) in [6.45, 7) is 6.36. The Bertz CT molecular complexity index is 1050. The lowest BCUT2D eigenvalue weighted by Gasteiger charge is -2.24. The van der Waals surface area contributed by atoms with E-state index < -0.39 is 18.2 Å². The second kappa shape index (κ2) is 48.8. The van der Waals surface area contributed by atoms with E-state index in [0.717, 1.165) is 89.9 Å². The van der Waals surface area contributed by atoms with Gasteiger partial charge in [0.05, 0.1) is 25.2 Å². The Morgan fingerprint density at radius 2 is 0.885 bits per heavy atom. The van der Waals surface area contributed by atoms with E-state index in [0.29, 0.717) is 19.3 Å². The van der Waals surface area contributed by atoms with Gasteiger partial charge < -0.3 is 20.3 Å². The molecule has 3 N–H and O–H groups in total. The van der Waals surface area contributed by atoms with Crippen molar-refractivity contribution >= 4 is 11.9 Å². The molecule has 1 amide bonds. The number of nitrogens with one attached hydrogen (secondary N) is 1. The van der Waals surface area contributed by atoms with E-state index >= 15 is 0 Å². The molecule has 6 heteroatoms. The summed E-state index contributed by atoms with van der Waals surface area (Å²) < 4.78 is 5.90. The van der Waals surface area contributed by atoms with Gasteiger partial charge in [-0.1, -0.05) is 217 Å². The minimum Gasteiger partial charge on any atom is -0.462 e. The first kappa shape index (κ1) is 58.8. The fourth-order valence-corrected chi connectivity index (χ4v) is 7.91. The maximum absolute atomic E-state index is 13.2. The van der Waals surface area contributed by atoms with Gasteiger partial charge in [0.2, 0.25) is 5.91 Å². The molecule has 0 saturated heterocycles. The highest BCUT2D eigenvalue weighted by Crippen LogP contribution is 2.17. The number of carbonyl (C=O) groups excluding carboxylic acids is 2. The first-order valence-corrected chi connectivity index (χ1v) is 26.4. The maximum Gasteiger partial charge on any atom is 0.306 e. The number of allylic oxidation sites excluding steroid dienone is 8. The van der Waals surface area contributed by atoms with Crippen molar-refractivity contribution in [1.82, 2.24) is 5.32 Å². The van der Waals surface area contributed by atoms with Crippen LogP contribution in [0.1, 0.15) is 265 Å². The number of aliphatic hydroxyl groups excluding tert-OH is 2. The highest BCUT2D eigenvalue weighted by atomic mass is 16.5. The monoisotopic (exact) mass is 856 g/mol. The zero-order valence-corrected chi connectivity index (χ0v) is 40.5. The highest BCUT2D eigenvalue weighted by Gasteiger charge is 2.24. The zero-order chi connectivity index (χ0) is 44.5. The van der Waals surface area contributed by atoms with E-state index in [1.165, 1.54) is 128 Å². The van der Waals surface area contributed by atoms with Crippen LogP contribution in [0.5, 0.6) is 0 Å². The van der Waals surface area contributed by atoms with E-state index in [1.807, 2.05) is 0 Å². The van der Waals surface area contributed by atoms with Gasteiger partial charge in [-0.3, -0.25) is 9.59 Å². The predicted molar refractivity (Wildman–Crippen MR) is 264 cm³/mol. The first-order chi connectivity index (χ1) is 30.0. The van der Waals surface area contributed by atoms with Gasteiger partial charge >= 0.3 is 5.97 Å². The van der Waals surface area contributed by atoms with Crippen molar-refractivity contribution in [1.29, 1.82) is 0 Å². The first-order valence-electron chi connectivity index (χ1n) is 26.4. The number of amides is 1. The van der Waals surface area contributed by atoms with Gasteiger partial charge in [-0.2, -0.15) is 0 Å². The fraction of sp³-hybridized carbons (Fsp3) is 0.818. The molecule has 61 heavy (non-hydrogen) atoms. The van der Waals surface area contributed by atoms with Crippen LogP contribution >= 0.6 is 0 Å². The number of aliphatic hydroxyl groups is 2. The molecule has 3 atom stereocenters. The van der Waals surface area contributed by atoms with E-state index in [-0.39, 0.29) is 24.9 Å². The topological polar surface area (TPSA) is 95.9 Å². The maximum atomic E-state index is 13.2. The molecule has 0 aromatic heterocycles. The van der Waals surface area contributed by atoms with Crippen LogP contribution in [-0.2, 0) is 14.3 Å². The summed E-state index contributed by atoms with van der Waals surface area (Å²) in [4.78, 5) is 26.1. The number of esters is 1. The van der Waals surface area contributed by atoms with E-state index in [2.05, 4.69) is 74.7 Å². The molecule has 0 fully saturated rings. The average Bonchev–Trinajstić information content (AvgIpc) is 3.25. The number of unbranched alkanes of at least 4 members (excludes halogenated alkanes) is 27. The number of rotatable bonds is 47. The average molecular weight is 856 g/mol. The van der Waals surface area contributed by atoms with Crippen LogP contribution in [-0.4, -0.2) is 46.9 Å². The molecule has 356 valence electrons. The van der Waals surface area contributed by atoms with Crippen molar-refractivity contribution in [2.24, 2.45) is 0 Å². The van der Waals surface area contributed by atoms with Crippen LogP contribution in [0.15, 0.2) is 48.6 Å². The normalized spacial score (nSPS) is 13.6. The SMILES string of the molecule is CC/C=C/C/C=C/C/C=C/CCCCC(CC(=O)NC(CO)C(O)CCCCCCCCCCCCCCCCCCC)OC(=O)CCCCC/C=C\CCCCCCCC. The van der Waals surface area contributed by atoms with Crippen molar-refractivity contribution in [2.45, 2.75) is 283 Å². The van der Waals surface area contributed by atoms with Crippen LogP contribution in [0.2, 0.25) is 0 Å². The van der Waals surface area contributed by atoms with E-state index in [4.69, 9.17) is 4.74 Å². The summed E-state index contributed by atoms with van der Waals surface area (Å²) in [6.07, 6.45) is 58.9.